The number of carbonyl (C=O) groups excluding carboxylic acids is 3. The van der Waals surface area contributed by atoms with Crippen LogP contribution in [0, 0.1) is 24.2 Å². The van der Waals surface area contributed by atoms with Crippen molar-refractivity contribution in [2.75, 3.05) is 0 Å². The molecule has 5 N–H and O–H groups in total. The van der Waals surface area contributed by atoms with Crippen molar-refractivity contribution in [2.45, 2.75) is 71.8 Å². The highest BCUT2D eigenvalue weighted by atomic mass is 16.3. The summed E-state index contributed by atoms with van der Waals surface area (Å²) in [6.45, 7) is 7.65. The molecule has 1 unspecified atom stereocenters. The molecule has 0 saturated carbocycles. The summed E-state index contributed by atoms with van der Waals surface area (Å²) in [5.41, 5.74) is 2.95. The predicted molar refractivity (Wildman–Crippen MR) is 141 cm³/mol. The number of urea groups is 1. The van der Waals surface area contributed by atoms with E-state index in [1.165, 1.54) is 6.92 Å². The number of amides is 4. The molecule has 2 aromatic rings. The Hall–Kier alpha value is -3.90. The van der Waals surface area contributed by atoms with Crippen molar-refractivity contribution < 1.29 is 19.5 Å². The second kappa shape index (κ2) is 14.6. The summed E-state index contributed by atoms with van der Waals surface area (Å²) < 4.78 is 0. The number of nitriles is 1. The first-order valence-electron chi connectivity index (χ1n) is 12.4. The number of benzene rings is 2. The third kappa shape index (κ3) is 9.94. The van der Waals surface area contributed by atoms with E-state index in [1.807, 2.05) is 63.2 Å². The highest BCUT2D eigenvalue weighted by Gasteiger charge is 2.27. The Bertz CT molecular complexity index is 1100. The topological polar surface area (TPSA) is 143 Å². The molecule has 0 aliphatic carbocycles. The lowest BCUT2D eigenvalue weighted by Gasteiger charge is -2.26. The molecule has 0 saturated heterocycles. The van der Waals surface area contributed by atoms with Crippen molar-refractivity contribution >= 4 is 17.8 Å². The minimum Gasteiger partial charge on any atom is -0.391 e. The van der Waals surface area contributed by atoms with Crippen LogP contribution in [0.1, 0.15) is 55.9 Å². The molecule has 0 bridgehead atoms. The molecule has 0 aliphatic heterocycles. The van der Waals surface area contributed by atoms with Crippen LogP contribution in [0.15, 0.2) is 48.5 Å². The molecule has 37 heavy (non-hydrogen) atoms. The lowest BCUT2D eigenvalue weighted by molar-refractivity contribution is -0.126. The minimum atomic E-state index is -1.00. The van der Waals surface area contributed by atoms with Gasteiger partial charge in [0.05, 0.1) is 23.8 Å². The van der Waals surface area contributed by atoms with Gasteiger partial charge in [0.2, 0.25) is 11.8 Å². The highest BCUT2D eigenvalue weighted by molar-refractivity contribution is 5.87. The van der Waals surface area contributed by atoms with Crippen molar-refractivity contribution in [1.29, 1.82) is 5.26 Å². The van der Waals surface area contributed by atoms with Crippen LogP contribution in [0.4, 0.5) is 4.79 Å². The van der Waals surface area contributed by atoms with Gasteiger partial charge >= 0.3 is 6.03 Å². The number of nitrogens with zero attached hydrogens (tertiary/aromatic N) is 1. The molecular formula is C28H37N5O4. The lowest BCUT2D eigenvalue weighted by atomic mass is 10.0. The zero-order valence-electron chi connectivity index (χ0n) is 21.9. The summed E-state index contributed by atoms with van der Waals surface area (Å²) in [5, 5.41) is 30.5. The first-order chi connectivity index (χ1) is 17.6. The van der Waals surface area contributed by atoms with Crippen LogP contribution in [-0.2, 0) is 22.7 Å². The van der Waals surface area contributed by atoms with E-state index in [0.717, 1.165) is 11.1 Å². The SMILES string of the molecule is Cc1cccc(CNC(=O)CC(NC(=O)[C@H](CC(C)C)NC(=O)NCc2ccccc2)[C@H](C)O)c1C#N. The lowest BCUT2D eigenvalue weighted by Crippen LogP contribution is -2.54. The van der Waals surface area contributed by atoms with E-state index < -0.39 is 30.1 Å². The minimum absolute atomic E-state index is 0.113. The maximum atomic E-state index is 13.1. The van der Waals surface area contributed by atoms with E-state index >= 15 is 0 Å². The molecule has 9 heteroatoms. The van der Waals surface area contributed by atoms with Gasteiger partial charge in [0.15, 0.2) is 0 Å². The number of hydrogen-bond acceptors (Lipinski definition) is 5. The second-order valence-corrected chi connectivity index (χ2v) is 9.55. The fourth-order valence-corrected chi connectivity index (χ4v) is 3.82. The van der Waals surface area contributed by atoms with Gasteiger partial charge in [0.1, 0.15) is 6.04 Å². The monoisotopic (exact) mass is 507 g/mol. The Morgan fingerprint density at radius 2 is 1.65 bits per heavy atom. The van der Waals surface area contributed by atoms with Gasteiger partial charge in [0, 0.05) is 19.5 Å². The molecule has 3 atom stereocenters. The number of rotatable bonds is 12. The maximum absolute atomic E-state index is 13.1. The van der Waals surface area contributed by atoms with Crippen LogP contribution in [0.5, 0.6) is 0 Å². The summed E-state index contributed by atoms with van der Waals surface area (Å²) >= 11 is 0. The van der Waals surface area contributed by atoms with Crippen LogP contribution in [0.3, 0.4) is 0 Å². The number of aliphatic hydroxyl groups is 1. The Labute approximate surface area is 218 Å². The van der Waals surface area contributed by atoms with Crippen molar-refractivity contribution in [3.8, 4) is 6.07 Å². The van der Waals surface area contributed by atoms with Gasteiger partial charge in [-0.1, -0.05) is 62.4 Å². The number of carbonyl (C=O) groups is 3. The molecule has 0 heterocycles. The molecule has 0 fully saturated rings. The molecule has 2 rings (SSSR count). The van der Waals surface area contributed by atoms with Crippen LogP contribution >= 0.6 is 0 Å². The number of hydrogen-bond donors (Lipinski definition) is 5. The molecule has 2 aromatic carbocycles. The second-order valence-electron chi connectivity index (χ2n) is 9.55. The summed E-state index contributed by atoms with van der Waals surface area (Å²) in [6, 6.07) is 14.8. The van der Waals surface area contributed by atoms with Crippen LogP contribution in [0.25, 0.3) is 0 Å². The van der Waals surface area contributed by atoms with Crippen LogP contribution in [0.2, 0.25) is 0 Å². The molecule has 9 nitrogen and oxygen atoms in total. The zero-order chi connectivity index (χ0) is 27.4. The Kier molecular flexibility index (Phi) is 11.6. The smallest absolute Gasteiger partial charge is 0.315 e. The Morgan fingerprint density at radius 1 is 0.946 bits per heavy atom. The summed E-state index contributed by atoms with van der Waals surface area (Å²) in [6.07, 6.45) is -0.783. The Morgan fingerprint density at radius 3 is 2.27 bits per heavy atom. The third-order valence-electron chi connectivity index (χ3n) is 5.89. The molecular weight excluding hydrogens is 470 g/mol. The standard InChI is InChI=1S/C28H37N5O4/c1-18(2)13-25(33-28(37)31-16-21-10-6-5-7-11-21)27(36)32-24(20(4)34)14-26(35)30-17-22-12-8-9-19(3)23(22)15-29/h5-12,18,20,24-25,34H,13-14,16-17H2,1-4H3,(H,30,35)(H,32,36)(H2,31,33,37)/t20-,24?,25-/m0/s1. The predicted octanol–water partition coefficient (Wildman–Crippen LogP) is 2.65. The summed E-state index contributed by atoms with van der Waals surface area (Å²) in [4.78, 5) is 38.1. The van der Waals surface area contributed by atoms with Crippen molar-refractivity contribution in [2.24, 2.45) is 5.92 Å². The van der Waals surface area contributed by atoms with Gasteiger partial charge in [0.25, 0.3) is 0 Å². The van der Waals surface area contributed by atoms with Crippen molar-refractivity contribution in [3.63, 3.8) is 0 Å². The van der Waals surface area contributed by atoms with Gasteiger partial charge in [-0.3, -0.25) is 9.59 Å². The Balaban J connectivity index is 1.96. The zero-order valence-corrected chi connectivity index (χ0v) is 21.9. The largest absolute Gasteiger partial charge is 0.391 e. The number of aliphatic hydroxyl groups excluding tert-OH is 1. The average Bonchev–Trinajstić information content (AvgIpc) is 2.85. The summed E-state index contributed by atoms with van der Waals surface area (Å²) in [7, 11) is 0. The normalized spacial score (nSPS) is 13.1. The molecule has 0 aliphatic rings. The summed E-state index contributed by atoms with van der Waals surface area (Å²) in [5.74, 6) is -0.750. The third-order valence-corrected chi connectivity index (χ3v) is 5.89. The fourth-order valence-electron chi connectivity index (χ4n) is 3.82. The quantitative estimate of drug-likeness (QED) is 0.300. The molecule has 0 spiro atoms. The van der Waals surface area contributed by atoms with Crippen LogP contribution < -0.4 is 21.3 Å². The maximum Gasteiger partial charge on any atom is 0.315 e. The van der Waals surface area contributed by atoms with Gasteiger partial charge in [-0.2, -0.15) is 5.26 Å². The highest BCUT2D eigenvalue weighted by Crippen LogP contribution is 2.13. The van der Waals surface area contributed by atoms with Gasteiger partial charge in [-0.15, -0.1) is 0 Å². The van der Waals surface area contributed by atoms with E-state index in [9.17, 15) is 24.8 Å². The number of nitrogens with one attached hydrogen (secondary N) is 4. The van der Waals surface area contributed by atoms with E-state index in [-0.39, 0.29) is 24.8 Å². The van der Waals surface area contributed by atoms with Crippen molar-refractivity contribution in [3.05, 3.63) is 70.8 Å². The van der Waals surface area contributed by atoms with E-state index in [4.69, 9.17) is 0 Å². The fraction of sp³-hybridized carbons (Fsp3) is 0.429. The van der Waals surface area contributed by atoms with Gasteiger partial charge in [-0.25, -0.2) is 4.79 Å². The molecule has 0 aromatic heterocycles. The number of aryl methyl sites for hydroxylation is 1. The van der Waals surface area contributed by atoms with E-state index in [2.05, 4.69) is 27.3 Å². The first kappa shape index (κ1) is 29.3. The molecule has 0 radical (unpaired) electrons. The van der Waals surface area contributed by atoms with Gasteiger partial charge in [-0.05, 0) is 42.9 Å². The van der Waals surface area contributed by atoms with Gasteiger partial charge < -0.3 is 26.4 Å². The van der Waals surface area contributed by atoms with E-state index in [0.29, 0.717) is 24.1 Å². The average molecular weight is 508 g/mol. The van der Waals surface area contributed by atoms with E-state index in [1.54, 1.807) is 6.07 Å². The van der Waals surface area contributed by atoms with Crippen LogP contribution in [-0.4, -0.2) is 41.1 Å². The molecule has 198 valence electrons. The molecule has 4 amide bonds. The van der Waals surface area contributed by atoms with Crippen molar-refractivity contribution in [1.82, 2.24) is 21.3 Å². The first-order valence-corrected chi connectivity index (χ1v) is 12.4.